The molecule has 0 saturated heterocycles. The van der Waals surface area contributed by atoms with Crippen molar-refractivity contribution < 1.29 is 0 Å². The number of halogens is 1. The summed E-state index contributed by atoms with van der Waals surface area (Å²) in [7, 11) is 0. The summed E-state index contributed by atoms with van der Waals surface area (Å²) in [5.41, 5.74) is 2.98. The van der Waals surface area contributed by atoms with Crippen molar-refractivity contribution in [3.8, 4) is 0 Å². The van der Waals surface area contributed by atoms with Crippen LogP contribution in [0.4, 0.5) is 0 Å². The highest BCUT2D eigenvalue weighted by atomic mass is 35.5. The maximum Gasteiger partial charge on any atom is 0.108 e. The Hall–Kier alpha value is -1.91. The number of H-pyrrole nitrogens is 1. The molecule has 0 spiro atoms. The van der Waals surface area contributed by atoms with E-state index in [0.29, 0.717) is 0 Å². The van der Waals surface area contributed by atoms with Crippen molar-refractivity contribution in [1.29, 1.82) is 0 Å². The number of hydrogen-bond donors (Lipinski definition) is 2. The van der Waals surface area contributed by atoms with E-state index in [0.717, 1.165) is 47.1 Å². The van der Waals surface area contributed by atoms with Crippen LogP contribution in [0.25, 0.3) is 11.0 Å². The molecule has 0 atom stereocenters. The Labute approximate surface area is 122 Å². The topological polar surface area (TPSA) is 53.6 Å². The summed E-state index contributed by atoms with van der Waals surface area (Å²) in [5.74, 6) is 0.968. The molecule has 0 unspecified atom stereocenters. The fourth-order valence-electron chi connectivity index (χ4n) is 2.08. The van der Waals surface area contributed by atoms with Crippen LogP contribution in [0.1, 0.15) is 11.5 Å². The highest BCUT2D eigenvalue weighted by molar-refractivity contribution is 6.31. The quantitative estimate of drug-likeness (QED) is 0.709. The molecule has 1 aromatic carbocycles. The van der Waals surface area contributed by atoms with Gasteiger partial charge in [0, 0.05) is 30.7 Å². The third-order valence-corrected chi connectivity index (χ3v) is 3.30. The van der Waals surface area contributed by atoms with Crippen LogP contribution < -0.4 is 5.32 Å². The molecule has 0 fully saturated rings. The van der Waals surface area contributed by atoms with Gasteiger partial charge in [-0.25, -0.2) is 4.98 Å². The van der Waals surface area contributed by atoms with Crippen molar-refractivity contribution >= 4 is 22.6 Å². The zero-order chi connectivity index (χ0) is 13.8. The maximum atomic E-state index is 5.96. The lowest BCUT2D eigenvalue weighted by molar-refractivity contribution is 0.664. The van der Waals surface area contributed by atoms with E-state index >= 15 is 0 Å². The number of rotatable bonds is 5. The molecule has 0 amide bonds. The molecule has 3 aromatic rings. The molecule has 3 rings (SSSR count). The predicted octanol–water partition coefficient (Wildman–Crippen LogP) is 2.94. The number of fused-ring (bicyclic) bond motifs is 1. The van der Waals surface area contributed by atoms with Gasteiger partial charge in [0.25, 0.3) is 0 Å². The molecule has 2 aromatic heterocycles. The van der Waals surface area contributed by atoms with Crippen molar-refractivity contribution in [2.45, 2.75) is 13.0 Å². The van der Waals surface area contributed by atoms with Crippen LogP contribution in [0.15, 0.2) is 42.6 Å². The van der Waals surface area contributed by atoms with E-state index in [1.165, 1.54) is 0 Å². The number of pyridine rings is 1. The van der Waals surface area contributed by atoms with Gasteiger partial charge in [-0.1, -0.05) is 17.7 Å². The first kappa shape index (κ1) is 13.1. The highest BCUT2D eigenvalue weighted by Crippen LogP contribution is 2.17. The van der Waals surface area contributed by atoms with Crippen LogP contribution in [0.5, 0.6) is 0 Å². The Bertz CT molecular complexity index is 693. The monoisotopic (exact) mass is 286 g/mol. The number of nitrogens with one attached hydrogen (secondary N) is 2. The molecule has 0 aliphatic carbocycles. The molecule has 20 heavy (non-hydrogen) atoms. The number of imidazole rings is 1. The Kier molecular flexibility index (Phi) is 3.95. The van der Waals surface area contributed by atoms with E-state index in [4.69, 9.17) is 11.6 Å². The second-order valence-electron chi connectivity index (χ2n) is 4.59. The predicted molar refractivity (Wildman–Crippen MR) is 80.8 cm³/mol. The number of aromatic nitrogens is 3. The lowest BCUT2D eigenvalue weighted by atomic mass is 10.3. The number of hydrogen-bond acceptors (Lipinski definition) is 3. The van der Waals surface area contributed by atoms with Crippen molar-refractivity contribution in [3.05, 3.63) is 59.1 Å². The first-order valence-electron chi connectivity index (χ1n) is 6.56. The Morgan fingerprint density at radius 2 is 2.15 bits per heavy atom. The minimum atomic E-state index is 0.723. The molecule has 0 radical (unpaired) electrons. The molecule has 0 aliphatic heterocycles. The number of nitrogens with zero attached hydrogens (tertiary/aromatic N) is 2. The molecule has 0 saturated carbocycles. The maximum absolute atomic E-state index is 5.96. The zero-order valence-corrected chi connectivity index (χ0v) is 11.7. The van der Waals surface area contributed by atoms with E-state index < -0.39 is 0 Å². The summed E-state index contributed by atoms with van der Waals surface area (Å²) >= 11 is 5.96. The fourth-order valence-corrected chi connectivity index (χ4v) is 2.25. The van der Waals surface area contributed by atoms with Crippen LogP contribution in [0, 0.1) is 0 Å². The average molecular weight is 287 g/mol. The molecular weight excluding hydrogens is 272 g/mol. The molecule has 5 heteroatoms. The molecule has 2 N–H and O–H groups in total. The van der Waals surface area contributed by atoms with Gasteiger partial charge in [-0.05, 0) is 30.3 Å². The molecule has 2 heterocycles. The lowest BCUT2D eigenvalue weighted by Gasteiger charge is -2.02. The third kappa shape index (κ3) is 3.15. The Balaban J connectivity index is 1.55. The molecule has 0 bridgehead atoms. The minimum Gasteiger partial charge on any atom is -0.342 e. The summed E-state index contributed by atoms with van der Waals surface area (Å²) in [5, 5.41) is 4.08. The Morgan fingerprint density at radius 3 is 3.00 bits per heavy atom. The van der Waals surface area contributed by atoms with Crippen LogP contribution in [-0.4, -0.2) is 21.5 Å². The van der Waals surface area contributed by atoms with Gasteiger partial charge in [0.2, 0.25) is 0 Å². The normalized spacial score (nSPS) is 11.1. The van der Waals surface area contributed by atoms with Gasteiger partial charge in [0.05, 0.1) is 16.7 Å². The van der Waals surface area contributed by atoms with E-state index in [-0.39, 0.29) is 0 Å². The van der Waals surface area contributed by atoms with Crippen LogP contribution in [0.2, 0.25) is 5.02 Å². The smallest absolute Gasteiger partial charge is 0.108 e. The summed E-state index contributed by atoms with van der Waals surface area (Å²) < 4.78 is 0. The van der Waals surface area contributed by atoms with Gasteiger partial charge in [-0.15, -0.1) is 0 Å². The largest absolute Gasteiger partial charge is 0.342 e. The van der Waals surface area contributed by atoms with E-state index in [2.05, 4.69) is 20.3 Å². The third-order valence-electron chi connectivity index (χ3n) is 3.06. The first-order chi connectivity index (χ1) is 9.81. The van der Waals surface area contributed by atoms with Gasteiger partial charge < -0.3 is 10.3 Å². The second-order valence-corrected chi connectivity index (χ2v) is 5.03. The first-order valence-corrected chi connectivity index (χ1v) is 6.94. The van der Waals surface area contributed by atoms with E-state index in [9.17, 15) is 0 Å². The number of benzene rings is 1. The summed E-state index contributed by atoms with van der Waals surface area (Å²) in [6, 6.07) is 11.6. The number of aromatic amines is 1. The van der Waals surface area contributed by atoms with Crippen molar-refractivity contribution in [3.63, 3.8) is 0 Å². The van der Waals surface area contributed by atoms with Crippen LogP contribution >= 0.6 is 11.6 Å². The van der Waals surface area contributed by atoms with Gasteiger partial charge in [0.15, 0.2) is 0 Å². The highest BCUT2D eigenvalue weighted by Gasteiger charge is 2.03. The summed E-state index contributed by atoms with van der Waals surface area (Å²) in [6.07, 6.45) is 2.65. The van der Waals surface area contributed by atoms with Crippen LogP contribution in [-0.2, 0) is 13.0 Å². The van der Waals surface area contributed by atoms with Gasteiger partial charge >= 0.3 is 0 Å². The van der Waals surface area contributed by atoms with Gasteiger partial charge in [0.1, 0.15) is 5.82 Å². The van der Waals surface area contributed by atoms with Crippen molar-refractivity contribution in [2.24, 2.45) is 0 Å². The summed E-state index contributed by atoms with van der Waals surface area (Å²) in [4.78, 5) is 12.1. The SMILES string of the molecule is Clc1ccc2nc(CCNCc3ccccn3)[nH]c2c1. The van der Waals surface area contributed by atoms with Crippen LogP contribution in [0.3, 0.4) is 0 Å². The molecule has 4 nitrogen and oxygen atoms in total. The molecule has 102 valence electrons. The molecular formula is C15H15ClN4. The van der Waals surface area contributed by atoms with E-state index in [1.807, 2.05) is 36.4 Å². The summed E-state index contributed by atoms with van der Waals surface area (Å²) in [6.45, 7) is 1.62. The van der Waals surface area contributed by atoms with Gasteiger partial charge in [-0.2, -0.15) is 0 Å². The minimum absolute atomic E-state index is 0.723. The average Bonchev–Trinajstić information content (AvgIpc) is 2.86. The van der Waals surface area contributed by atoms with E-state index in [1.54, 1.807) is 6.20 Å². The lowest BCUT2D eigenvalue weighted by Crippen LogP contribution is -2.17. The fraction of sp³-hybridized carbons (Fsp3) is 0.200. The zero-order valence-electron chi connectivity index (χ0n) is 10.9. The molecule has 0 aliphatic rings. The standard InChI is InChI=1S/C15H15ClN4/c16-11-4-5-13-14(9-11)20-15(19-13)6-8-17-10-12-3-1-2-7-18-12/h1-5,7,9,17H,6,8,10H2,(H,19,20). The van der Waals surface area contributed by atoms with Gasteiger partial charge in [-0.3, -0.25) is 4.98 Å². The van der Waals surface area contributed by atoms with Crippen molar-refractivity contribution in [1.82, 2.24) is 20.3 Å². The Morgan fingerprint density at radius 1 is 1.20 bits per heavy atom. The second kappa shape index (κ2) is 6.03. The van der Waals surface area contributed by atoms with Crippen molar-refractivity contribution in [2.75, 3.05) is 6.54 Å².